The third kappa shape index (κ3) is 3.87. The second kappa shape index (κ2) is 7.66. The van der Waals surface area contributed by atoms with Crippen molar-refractivity contribution in [2.24, 2.45) is 0 Å². The van der Waals surface area contributed by atoms with Gasteiger partial charge >= 0.3 is 0 Å². The molecule has 6 heteroatoms. The van der Waals surface area contributed by atoms with E-state index in [0.29, 0.717) is 11.8 Å². The van der Waals surface area contributed by atoms with Crippen LogP contribution in [0.15, 0.2) is 29.5 Å². The van der Waals surface area contributed by atoms with Gasteiger partial charge in [0.1, 0.15) is 5.82 Å². The highest BCUT2D eigenvalue weighted by Gasteiger charge is 2.22. The molecule has 0 aromatic carbocycles. The molecule has 1 saturated heterocycles. The number of likely N-dealkylation sites (tertiary alicyclic amines) is 1. The van der Waals surface area contributed by atoms with E-state index in [1.165, 1.54) is 26.4 Å². The molecule has 0 radical (unpaired) electrons. The lowest BCUT2D eigenvalue weighted by atomic mass is 9.99. The van der Waals surface area contributed by atoms with E-state index in [1.807, 2.05) is 19.3 Å². The second-order valence-corrected chi connectivity index (χ2v) is 6.47. The number of aryl methyl sites for hydroxylation is 2. The number of aromatic nitrogens is 3. The molecule has 0 amide bonds. The molecular weight excluding hydrogens is 304 g/mol. The second-order valence-electron chi connectivity index (χ2n) is 6.47. The summed E-state index contributed by atoms with van der Waals surface area (Å²) in [7, 11) is 1.52. The predicted molar refractivity (Wildman–Crippen MR) is 93.2 cm³/mol. The molecule has 1 fully saturated rings. The van der Waals surface area contributed by atoms with Crippen LogP contribution in [-0.4, -0.2) is 39.1 Å². The molecular formula is C18H26N4O2. The highest BCUT2D eigenvalue weighted by molar-refractivity contribution is 5.20. The Hall–Kier alpha value is -2.08. The summed E-state index contributed by atoms with van der Waals surface area (Å²) in [4.78, 5) is 21.9. The lowest BCUT2D eigenvalue weighted by Gasteiger charge is -2.35. The Labute approximate surface area is 142 Å². The molecule has 3 heterocycles. The zero-order valence-electron chi connectivity index (χ0n) is 14.5. The summed E-state index contributed by atoms with van der Waals surface area (Å²) in [6.07, 6.45) is 10.4. The Kier molecular flexibility index (Phi) is 5.35. The molecule has 2 aromatic rings. The molecule has 1 N–H and O–H groups in total. The zero-order chi connectivity index (χ0) is 16.9. The summed E-state index contributed by atoms with van der Waals surface area (Å²) < 4.78 is 7.25. The van der Waals surface area contributed by atoms with Crippen molar-refractivity contribution in [3.63, 3.8) is 0 Å². The maximum Gasteiger partial charge on any atom is 0.223 e. The van der Waals surface area contributed by atoms with Gasteiger partial charge in [-0.25, -0.2) is 4.98 Å². The first-order valence-corrected chi connectivity index (χ1v) is 8.65. The number of methoxy groups -OCH3 is 1. The SMILES string of the molecule is COc1c[nH]c(CN2CCCC[C@@H]2CCn2ccnc2C)cc1=O. The summed E-state index contributed by atoms with van der Waals surface area (Å²) in [5.41, 5.74) is 0.889. The van der Waals surface area contributed by atoms with Gasteiger partial charge in [-0.2, -0.15) is 0 Å². The van der Waals surface area contributed by atoms with Crippen molar-refractivity contribution in [3.8, 4) is 5.75 Å². The van der Waals surface area contributed by atoms with Crippen LogP contribution in [0.1, 0.15) is 37.2 Å². The summed E-state index contributed by atoms with van der Waals surface area (Å²) in [5.74, 6) is 1.43. The van der Waals surface area contributed by atoms with Crippen molar-refractivity contribution in [1.29, 1.82) is 0 Å². The molecule has 130 valence electrons. The van der Waals surface area contributed by atoms with Gasteiger partial charge in [0.25, 0.3) is 0 Å². The van der Waals surface area contributed by atoms with Crippen LogP contribution in [0.5, 0.6) is 5.75 Å². The molecule has 0 spiro atoms. The van der Waals surface area contributed by atoms with E-state index in [4.69, 9.17) is 4.74 Å². The van der Waals surface area contributed by atoms with Gasteiger partial charge in [0.2, 0.25) is 5.43 Å². The summed E-state index contributed by atoms with van der Waals surface area (Å²) in [5, 5.41) is 0. The van der Waals surface area contributed by atoms with Crippen molar-refractivity contribution in [2.45, 2.75) is 51.7 Å². The van der Waals surface area contributed by atoms with E-state index in [9.17, 15) is 4.79 Å². The fraction of sp³-hybridized carbons (Fsp3) is 0.556. The predicted octanol–water partition coefficient (Wildman–Crippen LogP) is 2.33. The molecule has 1 atom stereocenters. The van der Waals surface area contributed by atoms with Crippen LogP contribution >= 0.6 is 0 Å². The van der Waals surface area contributed by atoms with Gasteiger partial charge in [0.05, 0.1) is 7.11 Å². The van der Waals surface area contributed by atoms with Crippen LogP contribution in [0.3, 0.4) is 0 Å². The number of hydrogen-bond acceptors (Lipinski definition) is 4. The first-order chi connectivity index (χ1) is 11.7. The van der Waals surface area contributed by atoms with Crippen molar-refractivity contribution in [1.82, 2.24) is 19.4 Å². The smallest absolute Gasteiger partial charge is 0.223 e. The highest BCUT2D eigenvalue weighted by Crippen LogP contribution is 2.22. The lowest BCUT2D eigenvalue weighted by Crippen LogP contribution is -2.39. The molecule has 1 aliphatic heterocycles. The van der Waals surface area contributed by atoms with Gasteiger partial charge in [-0.3, -0.25) is 9.69 Å². The molecule has 24 heavy (non-hydrogen) atoms. The van der Waals surface area contributed by atoms with Gasteiger partial charge in [0, 0.05) is 49.5 Å². The number of ether oxygens (including phenoxy) is 1. The van der Waals surface area contributed by atoms with E-state index >= 15 is 0 Å². The third-order valence-electron chi connectivity index (χ3n) is 4.91. The lowest BCUT2D eigenvalue weighted by molar-refractivity contribution is 0.126. The zero-order valence-corrected chi connectivity index (χ0v) is 14.5. The quantitative estimate of drug-likeness (QED) is 0.883. The average molecular weight is 330 g/mol. The number of rotatable bonds is 6. The van der Waals surface area contributed by atoms with Gasteiger partial charge in [0.15, 0.2) is 5.75 Å². The number of imidazole rings is 1. The maximum atomic E-state index is 11.9. The average Bonchev–Trinajstić information content (AvgIpc) is 2.99. The van der Waals surface area contributed by atoms with Gasteiger partial charge < -0.3 is 14.3 Å². The van der Waals surface area contributed by atoms with Crippen LogP contribution in [-0.2, 0) is 13.1 Å². The fourth-order valence-electron chi connectivity index (χ4n) is 3.49. The Morgan fingerprint density at radius 2 is 2.29 bits per heavy atom. The number of hydrogen-bond donors (Lipinski definition) is 1. The summed E-state index contributed by atoms with van der Waals surface area (Å²) >= 11 is 0. The minimum Gasteiger partial charge on any atom is -0.491 e. The molecule has 0 saturated carbocycles. The molecule has 3 rings (SSSR count). The van der Waals surface area contributed by atoms with Crippen LogP contribution in [0.2, 0.25) is 0 Å². The number of nitrogens with one attached hydrogen (secondary N) is 1. The topological polar surface area (TPSA) is 63.1 Å². The number of piperidine rings is 1. The minimum atomic E-state index is -0.0613. The maximum absolute atomic E-state index is 11.9. The highest BCUT2D eigenvalue weighted by atomic mass is 16.5. The first kappa shape index (κ1) is 16.8. The molecule has 0 unspecified atom stereocenters. The first-order valence-electron chi connectivity index (χ1n) is 8.65. The van der Waals surface area contributed by atoms with Crippen molar-refractivity contribution >= 4 is 0 Å². The van der Waals surface area contributed by atoms with Crippen molar-refractivity contribution in [2.75, 3.05) is 13.7 Å². The number of pyridine rings is 1. The third-order valence-corrected chi connectivity index (χ3v) is 4.91. The minimum absolute atomic E-state index is 0.0613. The molecule has 0 bridgehead atoms. The Balaban J connectivity index is 1.64. The molecule has 1 aliphatic rings. The van der Waals surface area contributed by atoms with Crippen molar-refractivity contribution in [3.05, 3.63) is 46.4 Å². The van der Waals surface area contributed by atoms with Gasteiger partial charge in [-0.05, 0) is 32.7 Å². The number of H-pyrrole nitrogens is 1. The largest absolute Gasteiger partial charge is 0.491 e. The molecule has 2 aromatic heterocycles. The van der Waals surface area contributed by atoms with Crippen LogP contribution in [0.25, 0.3) is 0 Å². The standard InChI is InChI=1S/C18H26N4O2/c1-14-19-7-10-21(14)9-6-16-5-3-4-8-22(16)13-15-11-17(23)18(24-2)12-20-15/h7,10-12,16H,3-6,8-9,13H2,1-2H3,(H,20,23)/t16-/m1/s1. The normalized spacial score (nSPS) is 18.7. The van der Waals surface area contributed by atoms with Crippen molar-refractivity contribution < 1.29 is 4.74 Å². The van der Waals surface area contributed by atoms with E-state index in [2.05, 4.69) is 19.4 Å². The van der Waals surface area contributed by atoms with E-state index < -0.39 is 0 Å². The number of aromatic amines is 1. The van der Waals surface area contributed by atoms with Gasteiger partial charge in [-0.15, -0.1) is 0 Å². The monoisotopic (exact) mass is 330 g/mol. The Morgan fingerprint density at radius 3 is 3.00 bits per heavy atom. The molecule has 0 aliphatic carbocycles. The van der Waals surface area contributed by atoms with Crippen LogP contribution in [0, 0.1) is 6.92 Å². The van der Waals surface area contributed by atoms with Gasteiger partial charge in [-0.1, -0.05) is 6.42 Å². The van der Waals surface area contributed by atoms with E-state index in [-0.39, 0.29) is 5.43 Å². The number of nitrogens with zero attached hydrogens (tertiary/aromatic N) is 3. The fourth-order valence-corrected chi connectivity index (χ4v) is 3.49. The van der Waals surface area contributed by atoms with Crippen LogP contribution < -0.4 is 10.2 Å². The van der Waals surface area contributed by atoms with E-state index in [0.717, 1.165) is 37.6 Å². The Bertz CT molecular complexity index is 722. The summed E-state index contributed by atoms with van der Waals surface area (Å²) in [6, 6.07) is 2.20. The Morgan fingerprint density at radius 1 is 1.42 bits per heavy atom. The van der Waals surface area contributed by atoms with E-state index in [1.54, 1.807) is 12.3 Å². The summed E-state index contributed by atoms with van der Waals surface area (Å²) in [6.45, 7) is 4.90. The van der Waals surface area contributed by atoms with Crippen LogP contribution in [0.4, 0.5) is 0 Å². The molecule has 6 nitrogen and oxygen atoms in total.